The lowest BCUT2D eigenvalue weighted by Crippen LogP contribution is -2.07. The van der Waals surface area contributed by atoms with Crippen molar-refractivity contribution in [3.63, 3.8) is 0 Å². The van der Waals surface area contributed by atoms with Crippen LogP contribution in [-0.2, 0) is 9.59 Å². The van der Waals surface area contributed by atoms with Gasteiger partial charge in [-0.15, -0.1) is 0 Å². The molecule has 2 rings (SSSR count). The predicted molar refractivity (Wildman–Crippen MR) is 83.9 cm³/mol. The van der Waals surface area contributed by atoms with Gasteiger partial charge in [0, 0.05) is 19.4 Å². The summed E-state index contributed by atoms with van der Waals surface area (Å²) in [6.07, 6.45) is 0. The zero-order chi connectivity index (χ0) is 17.0. The summed E-state index contributed by atoms with van der Waals surface area (Å²) in [6, 6.07) is 12.4. The van der Waals surface area contributed by atoms with Gasteiger partial charge in [0.15, 0.2) is 0 Å². The zero-order valence-electron chi connectivity index (χ0n) is 13.0. The Labute approximate surface area is 134 Å². The Balaban J connectivity index is 2.60. The number of nitriles is 1. The fourth-order valence-electron chi connectivity index (χ4n) is 2.12. The second-order valence-corrected chi connectivity index (χ2v) is 4.98. The lowest BCUT2D eigenvalue weighted by atomic mass is 10.0. The molecule has 0 saturated heterocycles. The molecule has 0 bridgehead atoms. The fraction of sp³-hybridized carbons (Fsp3) is 0.167. The molecule has 0 N–H and O–H groups in total. The molecule has 0 unspecified atom stereocenters. The van der Waals surface area contributed by atoms with E-state index in [1.54, 1.807) is 37.3 Å². The summed E-state index contributed by atoms with van der Waals surface area (Å²) in [7, 11) is 0. The Morgan fingerprint density at radius 3 is 2.00 bits per heavy atom. The average molecular weight is 309 g/mol. The molecular formula is C18H15NO4. The molecule has 0 aliphatic rings. The second kappa shape index (κ2) is 6.75. The predicted octanol–water partition coefficient (Wildman–Crippen LogP) is 3.38. The van der Waals surface area contributed by atoms with Crippen molar-refractivity contribution in [1.82, 2.24) is 0 Å². The van der Waals surface area contributed by atoms with Gasteiger partial charge in [0.1, 0.15) is 11.5 Å². The number of carbonyl (C=O) groups is 2. The molecule has 0 radical (unpaired) electrons. The van der Waals surface area contributed by atoms with Crippen LogP contribution in [0.5, 0.6) is 11.5 Å². The van der Waals surface area contributed by atoms with Crippen molar-refractivity contribution in [3.8, 4) is 28.7 Å². The maximum Gasteiger partial charge on any atom is 0.308 e. The van der Waals surface area contributed by atoms with E-state index in [4.69, 9.17) is 14.7 Å². The maximum atomic E-state index is 11.3. The van der Waals surface area contributed by atoms with Crippen LogP contribution in [0.2, 0.25) is 0 Å². The first-order chi connectivity index (χ1) is 10.9. The lowest BCUT2D eigenvalue weighted by Gasteiger charge is -2.13. The van der Waals surface area contributed by atoms with Gasteiger partial charge >= 0.3 is 11.9 Å². The van der Waals surface area contributed by atoms with Gasteiger partial charge in [-0.1, -0.05) is 12.1 Å². The van der Waals surface area contributed by atoms with Gasteiger partial charge < -0.3 is 9.47 Å². The highest BCUT2D eigenvalue weighted by Gasteiger charge is 2.14. The molecule has 116 valence electrons. The van der Waals surface area contributed by atoms with Crippen molar-refractivity contribution in [2.75, 3.05) is 0 Å². The van der Waals surface area contributed by atoms with Gasteiger partial charge in [0.25, 0.3) is 0 Å². The molecule has 0 aliphatic carbocycles. The van der Waals surface area contributed by atoms with E-state index in [1.807, 2.05) is 6.07 Å². The van der Waals surface area contributed by atoms with E-state index in [0.717, 1.165) is 5.56 Å². The Kier molecular flexibility index (Phi) is 4.77. The number of hydrogen-bond acceptors (Lipinski definition) is 5. The van der Waals surface area contributed by atoms with E-state index < -0.39 is 11.9 Å². The van der Waals surface area contributed by atoms with Crippen LogP contribution in [0.25, 0.3) is 11.1 Å². The highest BCUT2D eigenvalue weighted by Crippen LogP contribution is 2.35. The standard InChI is InChI=1S/C18H15NO4/c1-11-17(22-12(2)20)8-16(9-18(11)23-13(3)21)15-6-4-5-14(7-15)10-19/h4-9H,1-3H3. The molecule has 0 fully saturated rings. The van der Waals surface area contributed by atoms with Crippen LogP contribution in [0.4, 0.5) is 0 Å². The molecule has 0 aliphatic heterocycles. The zero-order valence-corrected chi connectivity index (χ0v) is 13.0. The molecule has 2 aromatic carbocycles. The third-order valence-electron chi connectivity index (χ3n) is 3.14. The first kappa shape index (κ1) is 16.2. The van der Waals surface area contributed by atoms with Crippen molar-refractivity contribution >= 4 is 11.9 Å². The van der Waals surface area contributed by atoms with Gasteiger partial charge in [0.05, 0.1) is 11.6 Å². The Morgan fingerprint density at radius 2 is 1.52 bits per heavy atom. The summed E-state index contributed by atoms with van der Waals surface area (Å²) >= 11 is 0. The van der Waals surface area contributed by atoms with Crippen LogP contribution in [0.1, 0.15) is 25.0 Å². The molecule has 23 heavy (non-hydrogen) atoms. The van der Waals surface area contributed by atoms with Crippen LogP contribution in [-0.4, -0.2) is 11.9 Å². The Hall–Kier alpha value is -3.13. The van der Waals surface area contributed by atoms with E-state index in [9.17, 15) is 9.59 Å². The van der Waals surface area contributed by atoms with Crippen LogP contribution in [0.3, 0.4) is 0 Å². The summed E-state index contributed by atoms with van der Waals surface area (Å²) in [5.41, 5.74) is 2.49. The Morgan fingerprint density at radius 1 is 0.957 bits per heavy atom. The van der Waals surface area contributed by atoms with Crippen LogP contribution < -0.4 is 9.47 Å². The normalized spacial score (nSPS) is 9.83. The SMILES string of the molecule is CC(=O)Oc1cc(-c2cccc(C#N)c2)cc(OC(C)=O)c1C. The van der Waals surface area contributed by atoms with Gasteiger partial charge in [0.2, 0.25) is 0 Å². The van der Waals surface area contributed by atoms with Gasteiger partial charge in [-0.3, -0.25) is 9.59 Å². The lowest BCUT2D eigenvalue weighted by molar-refractivity contribution is -0.132. The van der Waals surface area contributed by atoms with E-state index in [2.05, 4.69) is 6.07 Å². The van der Waals surface area contributed by atoms with Crippen molar-refractivity contribution in [2.24, 2.45) is 0 Å². The highest BCUT2D eigenvalue weighted by molar-refractivity contribution is 5.77. The van der Waals surface area contributed by atoms with Crippen molar-refractivity contribution in [1.29, 1.82) is 5.26 Å². The minimum Gasteiger partial charge on any atom is -0.426 e. The molecule has 0 heterocycles. The maximum absolute atomic E-state index is 11.3. The van der Waals surface area contributed by atoms with E-state index >= 15 is 0 Å². The smallest absolute Gasteiger partial charge is 0.308 e. The summed E-state index contributed by atoms with van der Waals surface area (Å²) in [5.74, 6) is -0.308. The van der Waals surface area contributed by atoms with Crippen LogP contribution in [0, 0.1) is 18.3 Å². The molecule has 0 amide bonds. The summed E-state index contributed by atoms with van der Waals surface area (Å²) in [6.45, 7) is 4.30. The average Bonchev–Trinajstić information content (AvgIpc) is 2.50. The molecule has 2 aromatic rings. The number of hydrogen-bond donors (Lipinski definition) is 0. The first-order valence-electron chi connectivity index (χ1n) is 6.92. The van der Waals surface area contributed by atoms with Crippen molar-refractivity contribution < 1.29 is 19.1 Å². The van der Waals surface area contributed by atoms with Crippen LogP contribution >= 0.6 is 0 Å². The molecule has 5 heteroatoms. The first-order valence-corrected chi connectivity index (χ1v) is 6.92. The third-order valence-corrected chi connectivity index (χ3v) is 3.14. The molecular weight excluding hydrogens is 294 g/mol. The van der Waals surface area contributed by atoms with Crippen molar-refractivity contribution in [3.05, 3.63) is 47.5 Å². The molecule has 0 aromatic heterocycles. The summed E-state index contributed by atoms with van der Waals surface area (Å²) in [5, 5.41) is 9.01. The monoisotopic (exact) mass is 309 g/mol. The number of ether oxygens (including phenoxy) is 2. The number of esters is 2. The van der Waals surface area contributed by atoms with Crippen LogP contribution in [0.15, 0.2) is 36.4 Å². The Bertz CT molecular complexity index is 781. The fourth-order valence-corrected chi connectivity index (χ4v) is 2.12. The molecule has 0 atom stereocenters. The summed E-state index contributed by atoms with van der Waals surface area (Å²) < 4.78 is 10.4. The number of benzene rings is 2. The van der Waals surface area contributed by atoms with E-state index in [0.29, 0.717) is 28.2 Å². The molecule has 5 nitrogen and oxygen atoms in total. The third kappa shape index (κ3) is 3.95. The minimum absolute atomic E-state index is 0.314. The number of rotatable bonds is 3. The molecule has 0 saturated carbocycles. The second-order valence-electron chi connectivity index (χ2n) is 4.98. The number of carbonyl (C=O) groups excluding carboxylic acids is 2. The van der Waals surface area contributed by atoms with Crippen molar-refractivity contribution in [2.45, 2.75) is 20.8 Å². The quantitative estimate of drug-likeness (QED) is 0.641. The van der Waals surface area contributed by atoms with Gasteiger partial charge in [-0.25, -0.2) is 0 Å². The van der Waals surface area contributed by atoms with E-state index in [1.165, 1.54) is 13.8 Å². The largest absolute Gasteiger partial charge is 0.426 e. The highest BCUT2D eigenvalue weighted by atomic mass is 16.5. The van der Waals surface area contributed by atoms with E-state index in [-0.39, 0.29) is 0 Å². The minimum atomic E-state index is -0.468. The van der Waals surface area contributed by atoms with Gasteiger partial charge in [-0.05, 0) is 42.3 Å². The number of nitrogens with zero attached hydrogens (tertiary/aromatic N) is 1. The molecule has 0 spiro atoms. The topological polar surface area (TPSA) is 76.4 Å². The van der Waals surface area contributed by atoms with Gasteiger partial charge in [-0.2, -0.15) is 5.26 Å². The summed E-state index contributed by atoms with van der Waals surface area (Å²) in [4.78, 5) is 22.5.